The summed E-state index contributed by atoms with van der Waals surface area (Å²) in [5, 5.41) is 8.84. The van der Waals surface area contributed by atoms with E-state index in [0.717, 1.165) is 12.8 Å². The number of carbonyl (C=O) groups is 1. The van der Waals surface area contributed by atoms with Crippen molar-refractivity contribution >= 4 is 11.8 Å². The van der Waals surface area contributed by atoms with E-state index in [1.807, 2.05) is 11.8 Å². The average Bonchev–Trinajstić information content (AvgIpc) is 2.38. The molecule has 1 aromatic heterocycles. The van der Waals surface area contributed by atoms with E-state index in [0.29, 0.717) is 31.0 Å². The number of hydrogen-bond donors (Lipinski definition) is 1. The first kappa shape index (κ1) is 13.7. The van der Waals surface area contributed by atoms with Crippen LogP contribution >= 0.6 is 0 Å². The number of anilines is 1. The second-order valence-corrected chi connectivity index (χ2v) is 4.86. The molecule has 0 amide bonds. The Morgan fingerprint density at radius 3 is 3.05 bits per heavy atom. The van der Waals surface area contributed by atoms with Crippen molar-refractivity contribution in [2.24, 2.45) is 5.92 Å². The largest absolute Gasteiger partial charge is 0.481 e. The van der Waals surface area contributed by atoms with Crippen molar-refractivity contribution in [1.29, 1.82) is 0 Å². The van der Waals surface area contributed by atoms with E-state index < -0.39 is 5.97 Å². The van der Waals surface area contributed by atoms with Gasteiger partial charge in [0, 0.05) is 19.5 Å². The standard InChI is InChI=1S/C13H18FN3O2/c1-2-10-12(14)13(16-8-15-10)17-5-3-4-9(7-17)6-11(18)19/h8-9H,2-7H2,1H3,(H,18,19). The zero-order chi connectivity index (χ0) is 13.8. The van der Waals surface area contributed by atoms with Gasteiger partial charge in [-0.2, -0.15) is 0 Å². The molecule has 1 aromatic rings. The highest BCUT2D eigenvalue weighted by atomic mass is 19.1. The van der Waals surface area contributed by atoms with Gasteiger partial charge in [0.25, 0.3) is 0 Å². The Balaban J connectivity index is 2.15. The van der Waals surface area contributed by atoms with Gasteiger partial charge in [-0.15, -0.1) is 0 Å². The molecule has 1 fully saturated rings. The van der Waals surface area contributed by atoms with Crippen LogP contribution in [0.25, 0.3) is 0 Å². The molecule has 0 spiro atoms. The smallest absolute Gasteiger partial charge is 0.303 e. The molecule has 104 valence electrons. The lowest BCUT2D eigenvalue weighted by Crippen LogP contribution is -2.37. The lowest BCUT2D eigenvalue weighted by atomic mass is 9.95. The maximum atomic E-state index is 14.2. The SMILES string of the molecule is CCc1ncnc(N2CCCC(CC(=O)O)C2)c1F. The van der Waals surface area contributed by atoms with E-state index in [-0.39, 0.29) is 18.2 Å². The summed E-state index contributed by atoms with van der Waals surface area (Å²) in [4.78, 5) is 20.5. The molecule has 2 heterocycles. The molecular formula is C13H18FN3O2. The van der Waals surface area contributed by atoms with Gasteiger partial charge >= 0.3 is 5.97 Å². The fraction of sp³-hybridized carbons (Fsp3) is 0.615. The van der Waals surface area contributed by atoms with Crippen LogP contribution in [0.4, 0.5) is 10.2 Å². The molecule has 0 aliphatic carbocycles. The molecule has 5 nitrogen and oxygen atoms in total. The molecule has 0 saturated carbocycles. The van der Waals surface area contributed by atoms with Crippen LogP contribution in [0.3, 0.4) is 0 Å². The molecule has 6 heteroatoms. The molecule has 1 aliphatic heterocycles. The number of aryl methyl sites for hydroxylation is 1. The third-order valence-electron chi connectivity index (χ3n) is 3.46. The van der Waals surface area contributed by atoms with Crippen molar-refractivity contribution in [2.45, 2.75) is 32.6 Å². The minimum atomic E-state index is -0.802. The maximum Gasteiger partial charge on any atom is 0.303 e. The van der Waals surface area contributed by atoms with Crippen molar-refractivity contribution in [2.75, 3.05) is 18.0 Å². The Hall–Kier alpha value is -1.72. The second-order valence-electron chi connectivity index (χ2n) is 4.86. The molecular weight excluding hydrogens is 249 g/mol. The topological polar surface area (TPSA) is 66.3 Å². The monoisotopic (exact) mass is 267 g/mol. The Labute approximate surface area is 111 Å². The van der Waals surface area contributed by atoms with Crippen LogP contribution in [0.1, 0.15) is 31.9 Å². The van der Waals surface area contributed by atoms with Crippen LogP contribution in [-0.4, -0.2) is 34.1 Å². The second kappa shape index (κ2) is 5.95. The van der Waals surface area contributed by atoms with Crippen LogP contribution in [0.15, 0.2) is 6.33 Å². The van der Waals surface area contributed by atoms with Gasteiger partial charge in [-0.1, -0.05) is 6.92 Å². The molecule has 0 aromatic carbocycles. The minimum absolute atomic E-state index is 0.0608. The average molecular weight is 267 g/mol. The summed E-state index contributed by atoms with van der Waals surface area (Å²) in [5.41, 5.74) is 0.408. The maximum absolute atomic E-state index is 14.2. The lowest BCUT2D eigenvalue weighted by molar-refractivity contribution is -0.138. The number of piperidine rings is 1. The first-order chi connectivity index (χ1) is 9.11. The normalized spacial score (nSPS) is 19.5. The molecule has 1 atom stereocenters. The first-order valence-electron chi connectivity index (χ1n) is 6.58. The van der Waals surface area contributed by atoms with Gasteiger partial charge in [-0.3, -0.25) is 4.79 Å². The summed E-state index contributed by atoms with van der Waals surface area (Å²) in [7, 11) is 0. The molecule has 1 N–H and O–H groups in total. The minimum Gasteiger partial charge on any atom is -0.481 e. The predicted octanol–water partition coefficient (Wildman–Crippen LogP) is 1.87. The Kier molecular flexibility index (Phi) is 4.29. The number of carboxylic acid groups (broad SMARTS) is 1. The van der Waals surface area contributed by atoms with E-state index in [4.69, 9.17) is 5.11 Å². The van der Waals surface area contributed by atoms with Gasteiger partial charge in [0.15, 0.2) is 11.6 Å². The van der Waals surface area contributed by atoms with Crippen molar-refractivity contribution in [3.63, 3.8) is 0 Å². The molecule has 0 radical (unpaired) electrons. The molecule has 1 saturated heterocycles. The van der Waals surface area contributed by atoms with Crippen molar-refractivity contribution in [3.05, 3.63) is 17.8 Å². The van der Waals surface area contributed by atoms with E-state index in [2.05, 4.69) is 9.97 Å². The van der Waals surface area contributed by atoms with E-state index in [9.17, 15) is 9.18 Å². The molecule has 1 aliphatic rings. The van der Waals surface area contributed by atoms with Crippen LogP contribution in [0.2, 0.25) is 0 Å². The van der Waals surface area contributed by atoms with E-state index in [1.54, 1.807) is 0 Å². The van der Waals surface area contributed by atoms with Crippen LogP contribution in [0, 0.1) is 11.7 Å². The zero-order valence-electron chi connectivity index (χ0n) is 11.0. The van der Waals surface area contributed by atoms with Gasteiger partial charge in [-0.25, -0.2) is 14.4 Å². The summed E-state index contributed by atoms with van der Waals surface area (Å²) in [6.07, 6.45) is 3.76. The fourth-order valence-electron chi connectivity index (χ4n) is 2.53. The lowest BCUT2D eigenvalue weighted by Gasteiger charge is -2.33. The third kappa shape index (κ3) is 3.19. The van der Waals surface area contributed by atoms with Gasteiger partial charge in [0.1, 0.15) is 6.33 Å². The Bertz CT molecular complexity index is 467. The summed E-state index contributed by atoms with van der Waals surface area (Å²) in [5.74, 6) is -0.808. The fourth-order valence-corrected chi connectivity index (χ4v) is 2.53. The third-order valence-corrected chi connectivity index (χ3v) is 3.46. The number of halogens is 1. The predicted molar refractivity (Wildman–Crippen MR) is 68.6 cm³/mol. The van der Waals surface area contributed by atoms with Gasteiger partial charge in [0.2, 0.25) is 0 Å². The van der Waals surface area contributed by atoms with Crippen molar-refractivity contribution in [1.82, 2.24) is 9.97 Å². The summed E-state index contributed by atoms with van der Waals surface area (Å²) in [6.45, 7) is 3.11. The molecule has 19 heavy (non-hydrogen) atoms. The van der Waals surface area contributed by atoms with Gasteiger partial charge < -0.3 is 10.0 Å². The Morgan fingerprint density at radius 1 is 1.58 bits per heavy atom. The van der Waals surface area contributed by atoms with Crippen LogP contribution < -0.4 is 4.90 Å². The van der Waals surface area contributed by atoms with Crippen LogP contribution in [-0.2, 0) is 11.2 Å². The summed E-state index contributed by atoms with van der Waals surface area (Å²) < 4.78 is 14.2. The highest BCUT2D eigenvalue weighted by Gasteiger charge is 2.25. The summed E-state index contributed by atoms with van der Waals surface area (Å²) >= 11 is 0. The number of aromatic nitrogens is 2. The number of aliphatic carboxylic acids is 1. The number of hydrogen-bond acceptors (Lipinski definition) is 4. The number of carboxylic acids is 1. The highest BCUT2D eigenvalue weighted by Crippen LogP contribution is 2.26. The summed E-state index contributed by atoms with van der Waals surface area (Å²) in [6, 6.07) is 0. The highest BCUT2D eigenvalue weighted by molar-refractivity contribution is 5.67. The zero-order valence-corrected chi connectivity index (χ0v) is 11.0. The van der Waals surface area contributed by atoms with E-state index >= 15 is 0 Å². The molecule has 1 unspecified atom stereocenters. The molecule has 2 rings (SSSR count). The number of rotatable bonds is 4. The quantitative estimate of drug-likeness (QED) is 0.902. The number of nitrogens with zero attached hydrogens (tertiary/aromatic N) is 3. The van der Waals surface area contributed by atoms with E-state index in [1.165, 1.54) is 6.33 Å². The van der Waals surface area contributed by atoms with Gasteiger partial charge in [0.05, 0.1) is 5.69 Å². The van der Waals surface area contributed by atoms with Gasteiger partial charge in [-0.05, 0) is 25.2 Å². The first-order valence-corrected chi connectivity index (χ1v) is 6.58. The van der Waals surface area contributed by atoms with Crippen molar-refractivity contribution < 1.29 is 14.3 Å². The Morgan fingerprint density at radius 2 is 2.37 bits per heavy atom. The van der Waals surface area contributed by atoms with Crippen LogP contribution in [0.5, 0.6) is 0 Å². The molecule has 0 bridgehead atoms. The van der Waals surface area contributed by atoms with Crippen molar-refractivity contribution in [3.8, 4) is 0 Å².